The number of nitrogens with zero attached hydrogens (tertiary/aromatic N) is 1. The van der Waals surface area contributed by atoms with E-state index in [0.29, 0.717) is 35.2 Å². The number of carbonyl (C=O) groups excluding carboxylic acids is 1. The van der Waals surface area contributed by atoms with Gasteiger partial charge in [0.15, 0.2) is 5.43 Å². The molecule has 0 saturated heterocycles. The zero-order valence-corrected chi connectivity index (χ0v) is 20.3. The highest BCUT2D eigenvalue weighted by molar-refractivity contribution is 5.99. The van der Waals surface area contributed by atoms with Gasteiger partial charge in [0.25, 0.3) is 5.91 Å². The number of rotatable bonds is 6. The quantitative estimate of drug-likeness (QED) is 0.388. The third-order valence-electron chi connectivity index (χ3n) is 6.81. The lowest BCUT2D eigenvalue weighted by Gasteiger charge is -2.25. The van der Waals surface area contributed by atoms with E-state index in [9.17, 15) is 9.59 Å². The molecular weight excluding hydrogens is 442 g/mol. The van der Waals surface area contributed by atoms with E-state index >= 15 is 0 Å². The SMILES string of the molecule is COc1ccc(CCN2C(=O)c3oc4cc(C)c(C)cc4c(=O)c3[C@H]2c2ccc(OC)cc2)cc1. The van der Waals surface area contributed by atoms with Crippen molar-refractivity contribution in [1.82, 2.24) is 4.90 Å². The Labute approximate surface area is 203 Å². The number of hydrogen-bond acceptors (Lipinski definition) is 5. The van der Waals surface area contributed by atoms with Crippen molar-refractivity contribution in [1.29, 1.82) is 0 Å². The smallest absolute Gasteiger partial charge is 0.290 e. The van der Waals surface area contributed by atoms with Gasteiger partial charge < -0.3 is 18.8 Å². The molecule has 6 nitrogen and oxygen atoms in total. The molecule has 0 aliphatic carbocycles. The Balaban J connectivity index is 1.61. The Bertz CT molecular complexity index is 1470. The lowest BCUT2D eigenvalue weighted by atomic mass is 9.97. The summed E-state index contributed by atoms with van der Waals surface area (Å²) in [5.74, 6) is 1.34. The van der Waals surface area contributed by atoms with Crippen molar-refractivity contribution in [3.63, 3.8) is 0 Å². The third kappa shape index (κ3) is 3.95. The molecule has 0 fully saturated rings. The van der Waals surface area contributed by atoms with Crippen molar-refractivity contribution in [2.24, 2.45) is 0 Å². The first-order valence-electron chi connectivity index (χ1n) is 11.6. The van der Waals surface area contributed by atoms with Crippen molar-refractivity contribution < 1.29 is 18.7 Å². The van der Waals surface area contributed by atoms with E-state index in [-0.39, 0.29) is 17.1 Å². The van der Waals surface area contributed by atoms with E-state index in [1.165, 1.54) is 0 Å². The molecule has 178 valence electrons. The predicted octanol–water partition coefficient (Wildman–Crippen LogP) is 5.21. The second kappa shape index (κ2) is 8.95. The van der Waals surface area contributed by atoms with E-state index in [0.717, 1.165) is 28.0 Å². The number of methoxy groups -OCH3 is 2. The van der Waals surface area contributed by atoms with Crippen LogP contribution in [0.4, 0.5) is 0 Å². The molecule has 0 saturated carbocycles. The fourth-order valence-electron chi connectivity index (χ4n) is 4.68. The maximum Gasteiger partial charge on any atom is 0.290 e. The van der Waals surface area contributed by atoms with Gasteiger partial charge >= 0.3 is 0 Å². The summed E-state index contributed by atoms with van der Waals surface area (Å²) in [7, 11) is 3.24. The molecule has 5 rings (SSSR count). The van der Waals surface area contributed by atoms with Crippen LogP contribution in [0.15, 0.2) is 69.9 Å². The van der Waals surface area contributed by atoms with Crippen LogP contribution in [0, 0.1) is 13.8 Å². The minimum atomic E-state index is -0.538. The summed E-state index contributed by atoms with van der Waals surface area (Å²) in [4.78, 5) is 29.1. The standard InChI is InChI=1S/C29H27NO5/c1-17-15-23-24(16-18(17)2)35-28-25(27(23)31)26(20-7-11-22(34-4)12-8-20)30(29(28)32)14-13-19-5-9-21(33-3)10-6-19/h5-12,15-16,26H,13-14H2,1-4H3/t26-/m1/s1. The summed E-state index contributed by atoms with van der Waals surface area (Å²) in [6.07, 6.45) is 0.627. The van der Waals surface area contributed by atoms with Gasteiger partial charge in [-0.25, -0.2) is 0 Å². The van der Waals surface area contributed by atoms with Gasteiger partial charge in [-0.05, 0) is 78.9 Å². The number of ether oxygens (including phenoxy) is 2. The first-order valence-corrected chi connectivity index (χ1v) is 11.6. The van der Waals surface area contributed by atoms with Gasteiger partial charge in [0, 0.05) is 6.54 Å². The van der Waals surface area contributed by atoms with E-state index in [1.807, 2.05) is 74.5 Å². The lowest BCUT2D eigenvalue weighted by Crippen LogP contribution is -2.31. The molecular formula is C29H27NO5. The third-order valence-corrected chi connectivity index (χ3v) is 6.81. The molecule has 6 heteroatoms. The highest BCUT2D eigenvalue weighted by Crippen LogP contribution is 2.39. The molecule has 1 amide bonds. The average molecular weight is 470 g/mol. The molecule has 0 unspecified atom stereocenters. The second-order valence-electron chi connectivity index (χ2n) is 8.88. The highest BCUT2D eigenvalue weighted by Gasteiger charge is 2.42. The maximum absolute atomic E-state index is 13.7. The monoisotopic (exact) mass is 469 g/mol. The zero-order chi connectivity index (χ0) is 24.7. The molecule has 2 heterocycles. The van der Waals surface area contributed by atoms with Crippen LogP contribution in [-0.4, -0.2) is 31.6 Å². The first kappa shape index (κ1) is 22.7. The summed E-state index contributed by atoms with van der Waals surface area (Å²) in [5, 5.41) is 0.496. The summed E-state index contributed by atoms with van der Waals surface area (Å²) < 4.78 is 16.7. The summed E-state index contributed by atoms with van der Waals surface area (Å²) in [6.45, 7) is 4.36. The van der Waals surface area contributed by atoms with Crippen LogP contribution < -0.4 is 14.9 Å². The minimum Gasteiger partial charge on any atom is -0.497 e. The Morgan fingerprint density at radius 2 is 1.46 bits per heavy atom. The van der Waals surface area contributed by atoms with Gasteiger partial charge in [0.1, 0.15) is 17.1 Å². The van der Waals surface area contributed by atoms with Crippen molar-refractivity contribution >= 4 is 16.9 Å². The Morgan fingerprint density at radius 3 is 2.09 bits per heavy atom. The van der Waals surface area contributed by atoms with Crippen LogP contribution in [0.3, 0.4) is 0 Å². The number of amides is 1. The molecule has 0 bridgehead atoms. The van der Waals surface area contributed by atoms with E-state index < -0.39 is 6.04 Å². The topological polar surface area (TPSA) is 69.0 Å². The second-order valence-corrected chi connectivity index (χ2v) is 8.88. The van der Waals surface area contributed by atoms with Crippen LogP contribution in [0.5, 0.6) is 11.5 Å². The van der Waals surface area contributed by atoms with Crippen LogP contribution in [0.2, 0.25) is 0 Å². The molecule has 35 heavy (non-hydrogen) atoms. The minimum absolute atomic E-state index is 0.126. The molecule has 4 aromatic rings. The molecule has 3 aromatic carbocycles. The van der Waals surface area contributed by atoms with Gasteiger partial charge in [-0.3, -0.25) is 9.59 Å². The van der Waals surface area contributed by atoms with Crippen LogP contribution >= 0.6 is 0 Å². The predicted molar refractivity (Wildman–Crippen MR) is 135 cm³/mol. The normalized spacial score (nSPS) is 14.9. The number of carbonyl (C=O) groups is 1. The maximum atomic E-state index is 13.7. The summed E-state index contributed by atoms with van der Waals surface area (Å²) in [6, 6.07) is 18.4. The molecule has 0 spiro atoms. The van der Waals surface area contributed by atoms with Crippen molar-refractivity contribution in [2.45, 2.75) is 26.3 Å². The number of fused-ring (bicyclic) bond motifs is 2. The molecule has 0 N–H and O–H groups in total. The highest BCUT2D eigenvalue weighted by atomic mass is 16.5. The molecule has 1 aliphatic heterocycles. The van der Waals surface area contributed by atoms with E-state index in [2.05, 4.69) is 0 Å². The summed E-state index contributed by atoms with van der Waals surface area (Å²) in [5.41, 5.74) is 4.59. The molecule has 1 aromatic heterocycles. The van der Waals surface area contributed by atoms with Crippen molar-refractivity contribution in [3.05, 3.63) is 104 Å². The molecule has 0 radical (unpaired) electrons. The average Bonchev–Trinajstić information content (AvgIpc) is 3.16. The number of aryl methyl sites for hydroxylation is 2. The number of benzene rings is 3. The van der Waals surface area contributed by atoms with Gasteiger partial charge in [-0.2, -0.15) is 0 Å². The summed E-state index contributed by atoms with van der Waals surface area (Å²) >= 11 is 0. The zero-order valence-electron chi connectivity index (χ0n) is 20.3. The van der Waals surface area contributed by atoms with Gasteiger partial charge in [0.2, 0.25) is 5.76 Å². The fraction of sp³-hybridized carbons (Fsp3) is 0.241. The van der Waals surface area contributed by atoms with E-state index in [1.54, 1.807) is 19.1 Å². The van der Waals surface area contributed by atoms with Crippen LogP contribution in [-0.2, 0) is 6.42 Å². The van der Waals surface area contributed by atoms with Crippen molar-refractivity contribution in [3.8, 4) is 11.5 Å². The van der Waals surface area contributed by atoms with Crippen LogP contribution in [0.25, 0.3) is 11.0 Å². The molecule has 1 aliphatic rings. The largest absolute Gasteiger partial charge is 0.497 e. The Kier molecular flexibility index (Phi) is 5.81. The van der Waals surface area contributed by atoms with Gasteiger partial charge in [0.05, 0.1) is 31.2 Å². The Morgan fingerprint density at radius 1 is 0.857 bits per heavy atom. The van der Waals surface area contributed by atoms with Gasteiger partial charge in [-0.1, -0.05) is 24.3 Å². The lowest BCUT2D eigenvalue weighted by molar-refractivity contribution is 0.0730. The Hall–Kier alpha value is -4.06. The van der Waals surface area contributed by atoms with Crippen molar-refractivity contribution in [2.75, 3.05) is 20.8 Å². The van der Waals surface area contributed by atoms with Crippen LogP contribution in [0.1, 0.15) is 44.4 Å². The van der Waals surface area contributed by atoms with Gasteiger partial charge in [-0.15, -0.1) is 0 Å². The molecule has 1 atom stereocenters. The fourth-order valence-corrected chi connectivity index (χ4v) is 4.68. The first-order chi connectivity index (χ1) is 16.9. The van der Waals surface area contributed by atoms with E-state index in [4.69, 9.17) is 13.9 Å². The number of hydrogen-bond donors (Lipinski definition) is 0.